The molecular weight excluding hydrogens is 380 g/mol. The number of aliphatic hydroxyl groups excluding tert-OH is 1. The van der Waals surface area contributed by atoms with Crippen LogP contribution in [-0.4, -0.2) is 76.0 Å². The highest BCUT2D eigenvalue weighted by Crippen LogP contribution is 2.37. The molecule has 3 fully saturated rings. The average molecular weight is 415 g/mol. The zero-order chi connectivity index (χ0) is 20.3. The van der Waals surface area contributed by atoms with E-state index in [1.807, 2.05) is 4.57 Å². The molecule has 2 aromatic rings. The minimum Gasteiger partial charge on any atom is -0.381 e. The minimum atomic E-state index is -0.0635. The van der Waals surface area contributed by atoms with Crippen LogP contribution in [0.3, 0.4) is 0 Å². The molecule has 8 heteroatoms. The molecule has 2 aliphatic heterocycles. The molecule has 0 amide bonds. The number of rotatable bonds is 5. The van der Waals surface area contributed by atoms with Crippen LogP contribution >= 0.6 is 0 Å². The van der Waals surface area contributed by atoms with E-state index in [0.717, 1.165) is 62.0 Å². The first-order chi connectivity index (χ1) is 14.8. The maximum absolute atomic E-state index is 9.86. The molecule has 0 atom stereocenters. The van der Waals surface area contributed by atoms with E-state index in [1.165, 1.54) is 44.3 Å². The van der Waals surface area contributed by atoms with Gasteiger partial charge in [-0.05, 0) is 50.0 Å². The monoisotopic (exact) mass is 414 g/mol. The molecule has 1 saturated carbocycles. The Balaban J connectivity index is 1.33. The Kier molecular flexibility index (Phi) is 6.17. The molecule has 3 N–H and O–H groups in total. The van der Waals surface area contributed by atoms with Gasteiger partial charge in [-0.15, -0.1) is 0 Å². The maximum atomic E-state index is 9.86. The van der Waals surface area contributed by atoms with E-state index in [2.05, 4.69) is 31.7 Å². The van der Waals surface area contributed by atoms with Crippen LogP contribution in [0.25, 0.3) is 11.0 Å². The third-order valence-corrected chi connectivity index (χ3v) is 7.20. The summed E-state index contributed by atoms with van der Waals surface area (Å²) < 4.78 is 7.41. The van der Waals surface area contributed by atoms with Crippen LogP contribution in [0.4, 0.5) is 5.82 Å². The van der Waals surface area contributed by atoms with Crippen LogP contribution in [-0.2, 0) is 11.5 Å². The second-order valence-corrected chi connectivity index (χ2v) is 8.94. The Morgan fingerprint density at radius 1 is 1.07 bits per heavy atom. The van der Waals surface area contributed by atoms with Crippen LogP contribution in [0.5, 0.6) is 0 Å². The van der Waals surface area contributed by atoms with Crippen molar-refractivity contribution in [2.75, 3.05) is 44.7 Å². The largest absolute Gasteiger partial charge is 0.381 e. The van der Waals surface area contributed by atoms with E-state index < -0.39 is 0 Å². The number of fused-ring (bicyclic) bond motifs is 1. The first-order valence-corrected chi connectivity index (χ1v) is 11.6. The topological polar surface area (TPSA) is 87.5 Å². The van der Waals surface area contributed by atoms with Gasteiger partial charge in [-0.2, -0.15) is 0 Å². The summed E-state index contributed by atoms with van der Waals surface area (Å²) in [5, 5.41) is 18.2. The smallest absolute Gasteiger partial charge is 0.147 e. The highest BCUT2D eigenvalue weighted by atomic mass is 16.5. The number of aliphatic hydroxyl groups is 1. The first-order valence-electron chi connectivity index (χ1n) is 11.6. The molecule has 4 heterocycles. The molecule has 8 nitrogen and oxygen atoms in total. The van der Waals surface area contributed by atoms with Crippen molar-refractivity contribution in [2.45, 2.75) is 63.3 Å². The van der Waals surface area contributed by atoms with Crippen molar-refractivity contribution in [1.82, 2.24) is 24.8 Å². The standard InChI is InChI=1S/C22H34N6O2/c29-15-28-13-19(16-5-11-30-12-6-16)20-21(24-14-25-22(20)28)26-17-1-3-18(4-2-17)27-9-7-23-8-10-27/h13-14,16-18,23,29H,1-12,15H2,(H,24,25,26). The molecule has 2 aromatic heterocycles. The molecule has 164 valence electrons. The molecular formula is C22H34N6O2. The third-order valence-electron chi connectivity index (χ3n) is 7.20. The molecule has 2 saturated heterocycles. The summed E-state index contributed by atoms with van der Waals surface area (Å²) in [6.07, 6.45) is 10.6. The van der Waals surface area contributed by atoms with Crippen LogP contribution in [0.15, 0.2) is 12.5 Å². The number of anilines is 1. The number of aromatic nitrogens is 3. The zero-order valence-corrected chi connectivity index (χ0v) is 17.7. The van der Waals surface area contributed by atoms with E-state index in [1.54, 1.807) is 6.33 Å². The van der Waals surface area contributed by atoms with Crippen LogP contribution in [0.2, 0.25) is 0 Å². The van der Waals surface area contributed by atoms with E-state index in [9.17, 15) is 5.11 Å². The van der Waals surface area contributed by atoms with Crippen molar-refractivity contribution in [3.8, 4) is 0 Å². The second-order valence-electron chi connectivity index (χ2n) is 8.94. The summed E-state index contributed by atoms with van der Waals surface area (Å²) in [5.74, 6) is 1.36. The fraction of sp³-hybridized carbons (Fsp3) is 0.727. The van der Waals surface area contributed by atoms with E-state index in [0.29, 0.717) is 12.0 Å². The lowest BCUT2D eigenvalue weighted by Crippen LogP contribution is -2.50. The Bertz CT molecular complexity index is 836. The Hall–Kier alpha value is -1.74. The predicted molar refractivity (Wildman–Crippen MR) is 117 cm³/mol. The minimum absolute atomic E-state index is 0.0635. The third kappa shape index (κ3) is 4.06. The van der Waals surface area contributed by atoms with Crippen molar-refractivity contribution in [3.63, 3.8) is 0 Å². The molecule has 1 aliphatic carbocycles. The molecule has 0 spiro atoms. The van der Waals surface area contributed by atoms with E-state index >= 15 is 0 Å². The van der Waals surface area contributed by atoms with Gasteiger partial charge >= 0.3 is 0 Å². The van der Waals surface area contributed by atoms with Gasteiger partial charge in [-0.1, -0.05) is 0 Å². The molecule has 0 bridgehead atoms. The predicted octanol–water partition coefficient (Wildman–Crippen LogP) is 1.90. The number of ether oxygens (including phenoxy) is 1. The van der Waals surface area contributed by atoms with Crippen LogP contribution in [0.1, 0.15) is 50.0 Å². The summed E-state index contributed by atoms with van der Waals surface area (Å²) in [5.41, 5.74) is 2.07. The van der Waals surface area contributed by atoms with Crippen molar-refractivity contribution in [3.05, 3.63) is 18.1 Å². The summed E-state index contributed by atoms with van der Waals surface area (Å²) in [6, 6.07) is 1.17. The van der Waals surface area contributed by atoms with Gasteiger partial charge < -0.3 is 25.0 Å². The lowest BCUT2D eigenvalue weighted by Gasteiger charge is -2.39. The summed E-state index contributed by atoms with van der Waals surface area (Å²) in [4.78, 5) is 11.8. The van der Waals surface area contributed by atoms with Crippen molar-refractivity contribution in [1.29, 1.82) is 0 Å². The van der Waals surface area contributed by atoms with Crippen LogP contribution < -0.4 is 10.6 Å². The fourth-order valence-electron chi connectivity index (χ4n) is 5.51. The Labute approximate surface area is 178 Å². The molecule has 30 heavy (non-hydrogen) atoms. The number of piperazine rings is 1. The molecule has 0 aromatic carbocycles. The second kappa shape index (κ2) is 9.18. The van der Waals surface area contributed by atoms with Gasteiger partial charge in [0.2, 0.25) is 0 Å². The normalized spacial score (nSPS) is 26.8. The zero-order valence-electron chi connectivity index (χ0n) is 17.7. The number of nitrogens with zero attached hydrogens (tertiary/aromatic N) is 4. The summed E-state index contributed by atoms with van der Waals surface area (Å²) in [7, 11) is 0. The van der Waals surface area contributed by atoms with Gasteiger partial charge in [0, 0.05) is 57.7 Å². The highest BCUT2D eigenvalue weighted by molar-refractivity contribution is 5.91. The molecule has 0 radical (unpaired) electrons. The van der Waals surface area contributed by atoms with Gasteiger partial charge in [0.05, 0.1) is 5.39 Å². The first kappa shape index (κ1) is 20.2. The van der Waals surface area contributed by atoms with Crippen molar-refractivity contribution in [2.24, 2.45) is 0 Å². The van der Waals surface area contributed by atoms with Crippen LogP contribution in [0, 0.1) is 0 Å². The lowest BCUT2D eigenvalue weighted by molar-refractivity contribution is 0.0855. The summed E-state index contributed by atoms with van der Waals surface area (Å²) in [6.45, 7) is 6.12. The Morgan fingerprint density at radius 3 is 2.57 bits per heavy atom. The van der Waals surface area contributed by atoms with Crippen molar-refractivity contribution < 1.29 is 9.84 Å². The van der Waals surface area contributed by atoms with Gasteiger partial charge in [0.25, 0.3) is 0 Å². The fourth-order valence-corrected chi connectivity index (χ4v) is 5.51. The lowest BCUT2D eigenvalue weighted by atomic mass is 9.89. The van der Waals surface area contributed by atoms with E-state index in [-0.39, 0.29) is 6.73 Å². The number of hydrogen-bond donors (Lipinski definition) is 3. The SMILES string of the molecule is OCn1cc(C2CCOCC2)c2c(NC3CCC(N4CCNCC4)CC3)ncnc21. The quantitative estimate of drug-likeness (QED) is 0.689. The number of hydrogen-bond acceptors (Lipinski definition) is 7. The number of nitrogens with one attached hydrogen (secondary N) is 2. The van der Waals surface area contributed by atoms with Gasteiger partial charge in [-0.25, -0.2) is 9.97 Å². The van der Waals surface area contributed by atoms with Gasteiger partial charge in [0.15, 0.2) is 0 Å². The maximum Gasteiger partial charge on any atom is 0.147 e. The van der Waals surface area contributed by atoms with Gasteiger partial charge in [0.1, 0.15) is 24.5 Å². The average Bonchev–Trinajstić information content (AvgIpc) is 3.21. The summed E-state index contributed by atoms with van der Waals surface area (Å²) >= 11 is 0. The van der Waals surface area contributed by atoms with E-state index in [4.69, 9.17) is 4.74 Å². The molecule has 3 aliphatic rings. The van der Waals surface area contributed by atoms with Crippen molar-refractivity contribution >= 4 is 16.9 Å². The molecule has 5 rings (SSSR count). The highest BCUT2D eigenvalue weighted by Gasteiger charge is 2.28. The Morgan fingerprint density at radius 2 is 1.83 bits per heavy atom. The van der Waals surface area contributed by atoms with Gasteiger partial charge in [-0.3, -0.25) is 4.90 Å². The molecule has 0 unspecified atom stereocenters.